The maximum atomic E-state index is 12.7. The summed E-state index contributed by atoms with van der Waals surface area (Å²) in [5.41, 5.74) is 1.60. The highest BCUT2D eigenvalue weighted by Crippen LogP contribution is 2.30. The van der Waals surface area contributed by atoms with E-state index in [-0.39, 0.29) is 24.3 Å². The molecule has 7 nitrogen and oxygen atoms in total. The van der Waals surface area contributed by atoms with Crippen molar-refractivity contribution in [3.63, 3.8) is 0 Å². The van der Waals surface area contributed by atoms with Crippen LogP contribution < -0.4 is 15.4 Å². The molecule has 3 rings (SSSR count). The first-order chi connectivity index (χ1) is 14.8. The average Bonchev–Trinajstić information content (AvgIpc) is 3.15. The Balaban J connectivity index is 1.92. The Morgan fingerprint density at radius 3 is 2.45 bits per heavy atom. The molecule has 0 bridgehead atoms. The Morgan fingerprint density at radius 2 is 1.84 bits per heavy atom. The summed E-state index contributed by atoms with van der Waals surface area (Å²) in [5.74, 6) is -0.936. The second-order valence-corrected chi connectivity index (χ2v) is 6.40. The van der Waals surface area contributed by atoms with Crippen molar-refractivity contribution in [2.45, 2.75) is 19.1 Å². The van der Waals surface area contributed by atoms with Gasteiger partial charge in [0.2, 0.25) is 0 Å². The number of nitrogens with one attached hydrogen (secondary N) is 2. The second-order valence-electron chi connectivity index (χ2n) is 6.40. The molecule has 2 N–H and O–H groups in total. The van der Waals surface area contributed by atoms with E-state index in [1.165, 1.54) is 18.2 Å². The maximum Gasteiger partial charge on any atom is 0.471 e. The molecule has 2 aromatic carbocycles. The summed E-state index contributed by atoms with van der Waals surface area (Å²) >= 11 is 0. The third-order valence-corrected chi connectivity index (χ3v) is 4.30. The minimum atomic E-state index is -5.01. The van der Waals surface area contributed by atoms with E-state index in [0.717, 1.165) is 5.56 Å². The van der Waals surface area contributed by atoms with Crippen LogP contribution in [0, 0.1) is 11.3 Å². The lowest BCUT2D eigenvalue weighted by Gasteiger charge is -2.14. The van der Waals surface area contributed by atoms with Gasteiger partial charge in [-0.05, 0) is 36.4 Å². The zero-order valence-corrected chi connectivity index (χ0v) is 16.4. The molecule has 0 atom stereocenters. The van der Waals surface area contributed by atoms with Crippen LogP contribution in [-0.4, -0.2) is 29.0 Å². The van der Waals surface area contributed by atoms with Crippen molar-refractivity contribution in [2.75, 3.05) is 17.7 Å². The molecule has 31 heavy (non-hydrogen) atoms. The number of hydrogen-bond donors (Lipinski definition) is 2. The van der Waals surface area contributed by atoms with Crippen LogP contribution >= 0.6 is 0 Å². The lowest BCUT2D eigenvalue weighted by molar-refractivity contribution is -0.167. The lowest BCUT2D eigenvalue weighted by Crippen LogP contribution is -2.30. The molecule has 1 aromatic heterocycles. The predicted octanol–water partition coefficient (Wildman–Crippen LogP) is 4.72. The van der Waals surface area contributed by atoms with E-state index in [1.807, 2.05) is 23.5 Å². The summed E-state index contributed by atoms with van der Waals surface area (Å²) in [7, 11) is 1.56. The predicted molar refractivity (Wildman–Crippen MR) is 109 cm³/mol. The fourth-order valence-electron chi connectivity index (χ4n) is 2.78. The van der Waals surface area contributed by atoms with Gasteiger partial charge in [0.25, 0.3) is 0 Å². The first kappa shape index (κ1) is 21.7. The number of rotatable bonds is 7. The maximum absolute atomic E-state index is 12.7. The van der Waals surface area contributed by atoms with E-state index in [2.05, 4.69) is 10.4 Å². The first-order valence-electron chi connectivity index (χ1n) is 9.15. The molecule has 0 fully saturated rings. The molecule has 0 radical (unpaired) electrons. The number of methoxy groups -OCH3 is 1. The quantitative estimate of drug-likeness (QED) is 0.567. The van der Waals surface area contributed by atoms with Crippen LogP contribution in [0.25, 0.3) is 11.3 Å². The van der Waals surface area contributed by atoms with Crippen molar-refractivity contribution < 1.29 is 22.7 Å². The molecule has 0 saturated carbocycles. The largest absolute Gasteiger partial charge is 0.497 e. The van der Waals surface area contributed by atoms with Crippen molar-refractivity contribution in [3.8, 4) is 23.1 Å². The van der Waals surface area contributed by atoms with E-state index < -0.39 is 12.1 Å². The number of ether oxygens (including phenoxy) is 1. The summed E-state index contributed by atoms with van der Waals surface area (Å²) in [6.45, 7) is 0.270. The Kier molecular flexibility index (Phi) is 6.45. The fourth-order valence-corrected chi connectivity index (χ4v) is 2.78. The molecule has 0 aliphatic rings. The highest BCUT2D eigenvalue weighted by Gasteiger charge is 2.39. The van der Waals surface area contributed by atoms with Crippen LogP contribution in [-0.2, 0) is 11.3 Å². The summed E-state index contributed by atoms with van der Waals surface area (Å²) in [4.78, 5) is 11.4. The number of hydrogen-bond acceptors (Lipinski definition) is 5. The molecule has 0 spiro atoms. The number of halogens is 3. The molecule has 0 saturated heterocycles. The molecular formula is C21H18F3N5O2. The SMILES string of the molecule is COc1ccc(-c2cc(Nc3ccccc3NC(=O)C(F)(F)F)n(CCC#N)n2)cc1. The van der Waals surface area contributed by atoms with Crippen LogP contribution in [0.3, 0.4) is 0 Å². The normalized spacial score (nSPS) is 10.9. The summed E-state index contributed by atoms with van der Waals surface area (Å²) in [5, 5.41) is 18.3. The van der Waals surface area contributed by atoms with E-state index in [1.54, 1.807) is 36.1 Å². The molecule has 0 aliphatic heterocycles. The van der Waals surface area contributed by atoms with E-state index in [0.29, 0.717) is 17.3 Å². The van der Waals surface area contributed by atoms with Gasteiger partial charge in [0.1, 0.15) is 11.6 Å². The highest BCUT2D eigenvalue weighted by molar-refractivity contribution is 5.98. The third kappa shape index (κ3) is 5.33. The van der Waals surface area contributed by atoms with E-state index in [9.17, 15) is 18.0 Å². The number of aromatic nitrogens is 2. The van der Waals surface area contributed by atoms with E-state index in [4.69, 9.17) is 10.00 Å². The number of anilines is 3. The van der Waals surface area contributed by atoms with Crippen molar-refractivity contribution in [2.24, 2.45) is 0 Å². The van der Waals surface area contributed by atoms with E-state index >= 15 is 0 Å². The number of carbonyl (C=O) groups excluding carboxylic acids is 1. The minimum Gasteiger partial charge on any atom is -0.497 e. The molecule has 0 unspecified atom stereocenters. The smallest absolute Gasteiger partial charge is 0.471 e. The zero-order chi connectivity index (χ0) is 22.4. The number of aryl methyl sites for hydroxylation is 1. The van der Waals surface area contributed by atoms with Gasteiger partial charge in [-0.3, -0.25) is 4.79 Å². The van der Waals surface area contributed by atoms with Crippen molar-refractivity contribution in [1.29, 1.82) is 5.26 Å². The number of nitriles is 1. The number of amides is 1. The highest BCUT2D eigenvalue weighted by atomic mass is 19.4. The molecule has 160 valence electrons. The van der Waals surface area contributed by atoms with Gasteiger partial charge in [-0.15, -0.1) is 0 Å². The Labute approximate surface area is 176 Å². The molecular weight excluding hydrogens is 411 g/mol. The van der Waals surface area contributed by atoms with Gasteiger partial charge in [-0.1, -0.05) is 12.1 Å². The lowest BCUT2D eigenvalue weighted by atomic mass is 10.1. The Hall–Kier alpha value is -4.00. The van der Waals surface area contributed by atoms with Gasteiger partial charge < -0.3 is 15.4 Å². The van der Waals surface area contributed by atoms with Gasteiger partial charge in [0.05, 0.1) is 43.2 Å². The second kappa shape index (κ2) is 9.21. The monoisotopic (exact) mass is 429 g/mol. The Morgan fingerprint density at radius 1 is 1.16 bits per heavy atom. The summed E-state index contributed by atoms with van der Waals surface area (Å²) < 4.78 is 44.7. The number of alkyl halides is 3. The number of para-hydroxylation sites is 2. The van der Waals surface area contributed by atoms with Crippen LogP contribution in [0.1, 0.15) is 6.42 Å². The standard InChI is InChI=1S/C21H18F3N5O2/c1-31-15-9-7-14(8-10-15)18-13-19(29(28-18)12-4-11-25)26-16-5-2-3-6-17(16)27-20(30)21(22,23)24/h2-3,5-10,13,26H,4,12H2,1H3,(H,27,30). The number of benzene rings is 2. The van der Waals surface area contributed by atoms with Crippen LogP contribution in [0.2, 0.25) is 0 Å². The summed E-state index contributed by atoms with van der Waals surface area (Å²) in [6.07, 6.45) is -4.83. The minimum absolute atomic E-state index is 0.0381. The van der Waals surface area contributed by atoms with Gasteiger partial charge in [0, 0.05) is 11.6 Å². The number of nitrogens with zero attached hydrogens (tertiary/aromatic N) is 3. The van der Waals surface area contributed by atoms with Crippen molar-refractivity contribution in [1.82, 2.24) is 9.78 Å². The van der Waals surface area contributed by atoms with Crippen LogP contribution in [0.5, 0.6) is 5.75 Å². The Bertz CT molecular complexity index is 1100. The van der Waals surface area contributed by atoms with Gasteiger partial charge >= 0.3 is 12.1 Å². The van der Waals surface area contributed by atoms with Crippen LogP contribution in [0.15, 0.2) is 54.6 Å². The molecule has 0 aliphatic carbocycles. The van der Waals surface area contributed by atoms with Gasteiger partial charge in [-0.25, -0.2) is 4.68 Å². The summed E-state index contributed by atoms with van der Waals surface area (Å²) in [6, 6.07) is 16.9. The topological polar surface area (TPSA) is 92.0 Å². The molecule has 10 heteroatoms. The number of carbonyl (C=O) groups is 1. The van der Waals surface area contributed by atoms with Crippen molar-refractivity contribution in [3.05, 3.63) is 54.6 Å². The third-order valence-electron chi connectivity index (χ3n) is 4.30. The van der Waals surface area contributed by atoms with Gasteiger partial charge in [-0.2, -0.15) is 23.5 Å². The molecule has 1 heterocycles. The zero-order valence-electron chi connectivity index (χ0n) is 16.4. The first-order valence-corrected chi connectivity index (χ1v) is 9.15. The molecule has 3 aromatic rings. The molecule has 1 amide bonds. The van der Waals surface area contributed by atoms with Crippen molar-refractivity contribution >= 4 is 23.1 Å². The fraction of sp³-hybridized carbons (Fsp3) is 0.190. The average molecular weight is 429 g/mol. The van der Waals surface area contributed by atoms with Gasteiger partial charge in [0.15, 0.2) is 0 Å². The van der Waals surface area contributed by atoms with Crippen LogP contribution in [0.4, 0.5) is 30.4 Å².